The van der Waals surface area contributed by atoms with Crippen molar-refractivity contribution in [3.63, 3.8) is 0 Å². The summed E-state index contributed by atoms with van der Waals surface area (Å²) < 4.78 is 39.4. The summed E-state index contributed by atoms with van der Waals surface area (Å²) in [7, 11) is -1.11. The number of sulfone groups is 1. The summed E-state index contributed by atoms with van der Waals surface area (Å²) in [6, 6.07) is 16.8. The molecular formula is C25H22ClNO5S. The van der Waals surface area contributed by atoms with Gasteiger partial charge in [0.2, 0.25) is 15.3 Å². The highest BCUT2D eigenvalue weighted by Crippen LogP contribution is 2.32. The third-order valence-electron chi connectivity index (χ3n) is 5.42. The summed E-state index contributed by atoms with van der Waals surface area (Å²) in [4.78, 5) is 13.2. The molecule has 1 aromatic heterocycles. The average molecular weight is 484 g/mol. The van der Waals surface area contributed by atoms with Crippen LogP contribution in [0.2, 0.25) is 5.02 Å². The molecule has 6 nitrogen and oxygen atoms in total. The Kier molecular flexibility index (Phi) is 6.19. The monoisotopic (exact) mass is 483 g/mol. The molecule has 33 heavy (non-hydrogen) atoms. The maximum absolute atomic E-state index is 13.5. The lowest BCUT2D eigenvalue weighted by atomic mass is 10.1. The van der Waals surface area contributed by atoms with Crippen molar-refractivity contribution in [2.24, 2.45) is 0 Å². The number of halogens is 1. The number of benzene rings is 3. The number of rotatable bonds is 6. The van der Waals surface area contributed by atoms with Crippen molar-refractivity contribution < 1.29 is 17.9 Å². The first-order valence-electron chi connectivity index (χ1n) is 10.1. The van der Waals surface area contributed by atoms with Crippen LogP contribution in [-0.4, -0.2) is 27.2 Å². The lowest BCUT2D eigenvalue weighted by molar-refractivity contribution is 0.355. The molecule has 3 aromatic carbocycles. The van der Waals surface area contributed by atoms with Gasteiger partial charge in [-0.2, -0.15) is 0 Å². The molecule has 0 amide bonds. The normalized spacial score (nSPS) is 11.5. The molecule has 1 heterocycles. The first-order valence-corrected chi connectivity index (χ1v) is 12.0. The van der Waals surface area contributed by atoms with E-state index in [1.54, 1.807) is 34.9 Å². The predicted octanol–water partition coefficient (Wildman–Crippen LogP) is 4.86. The molecule has 0 unspecified atom stereocenters. The molecule has 0 bridgehead atoms. The summed E-state index contributed by atoms with van der Waals surface area (Å²) in [6.45, 7) is 2.16. The van der Waals surface area contributed by atoms with Gasteiger partial charge in [-0.1, -0.05) is 41.4 Å². The maximum atomic E-state index is 13.5. The maximum Gasteiger partial charge on any atom is 0.211 e. The molecule has 4 aromatic rings. The van der Waals surface area contributed by atoms with Crippen LogP contribution in [-0.2, 0) is 16.4 Å². The fourth-order valence-electron chi connectivity index (χ4n) is 3.69. The molecule has 0 aliphatic carbocycles. The summed E-state index contributed by atoms with van der Waals surface area (Å²) >= 11 is 6.15. The van der Waals surface area contributed by atoms with E-state index in [9.17, 15) is 13.2 Å². The molecule has 8 heteroatoms. The van der Waals surface area contributed by atoms with Crippen LogP contribution in [0.4, 0.5) is 0 Å². The standard InChI is InChI=1S/C25H22ClNO5S/c1-16-7-9-19(10-8-16)33(29,30)24-15-27(14-17-5-4-6-18(26)11-17)21-13-23(32-3)22(31-2)12-20(21)25(24)28/h4-13,15H,14H2,1-3H3. The van der Waals surface area contributed by atoms with Gasteiger partial charge in [-0.25, -0.2) is 8.42 Å². The van der Waals surface area contributed by atoms with E-state index in [4.69, 9.17) is 21.1 Å². The van der Waals surface area contributed by atoms with Gasteiger partial charge in [-0.05, 0) is 42.8 Å². The largest absolute Gasteiger partial charge is 0.493 e. The minimum atomic E-state index is -4.07. The zero-order valence-electron chi connectivity index (χ0n) is 18.3. The van der Waals surface area contributed by atoms with Crippen molar-refractivity contribution in [3.05, 3.63) is 93.2 Å². The Labute approximate surface area is 196 Å². The fraction of sp³-hybridized carbons (Fsp3) is 0.160. The van der Waals surface area contributed by atoms with Gasteiger partial charge in [-0.3, -0.25) is 4.79 Å². The molecule has 4 rings (SSSR count). The number of aromatic nitrogens is 1. The van der Waals surface area contributed by atoms with Crippen LogP contribution in [0.1, 0.15) is 11.1 Å². The number of hydrogen-bond acceptors (Lipinski definition) is 5. The Morgan fingerprint density at radius 3 is 2.24 bits per heavy atom. The van der Waals surface area contributed by atoms with Crippen molar-refractivity contribution >= 4 is 32.3 Å². The molecule has 0 saturated carbocycles. The second-order valence-corrected chi connectivity index (χ2v) is 9.98. The number of methoxy groups -OCH3 is 2. The number of pyridine rings is 1. The molecular weight excluding hydrogens is 462 g/mol. The minimum Gasteiger partial charge on any atom is -0.493 e. The first kappa shape index (κ1) is 22.9. The minimum absolute atomic E-state index is 0.0549. The van der Waals surface area contributed by atoms with Gasteiger partial charge in [0.25, 0.3) is 0 Å². The Morgan fingerprint density at radius 2 is 1.61 bits per heavy atom. The highest BCUT2D eigenvalue weighted by molar-refractivity contribution is 7.91. The van der Waals surface area contributed by atoms with E-state index in [0.29, 0.717) is 28.6 Å². The van der Waals surface area contributed by atoms with Gasteiger partial charge in [0.05, 0.1) is 30.0 Å². The van der Waals surface area contributed by atoms with Crippen LogP contribution in [0.15, 0.2) is 81.4 Å². The fourth-order valence-corrected chi connectivity index (χ4v) is 5.27. The lowest BCUT2D eigenvalue weighted by Crippen LogP contribution is -2.20. The van der Waals surface area contributed by atoms with E-state index in [2.05, 4.69) is 0 Å². The number of aryl methyl sites for hydroxylation is 1. The van der Waals surface area contributed by atoms with Crippen molar-refractivity contribution in [2.75, 3.05) is 14.2 Å². The molecule has 0 radical (unpaired) electrons. The Bertz CT molecular complexity index is 1510. The van der Waals surface area contributed by atoms with E-state index in [1.165, 1.54) is 38.6 Å². The first-order chi connectivity index (χ1) is 15.7. The van der Waals surface area contributed by atoms with Crippen LogP contribution in [0.25, 0.3) is 10.9 Å². The Hall–Kier alpha value is -3.29. The zero-order chi connectivity index (χ0) is 23.8. The Balaban J connectivity index is 2.02. The number of nitrogens with zero attached hydrogens (tertiary/aromatic N) is 1. The van der Waals surface area contributed by atoms with Crippen LogP contribution >= 0.6 is 11.6 Å². The molecule has 0 aliphatic heterocycles. The molecule has 0 saturated heterocycles. The van der Waals surface area contributed by atoms with Crippen LogP contribution in [0.3, 0.4) is 0 Å². The molecule has 0 fully saturated rings. The van der Waals surface area contributed by atoms with E-state index < -0.39 is 15.3 Å². The van der Waals surface area contributed by atoms with Gasteiger partial charge in [0.1, 0.15) is 4.90 Å². The SMILES string of the molecule is COc1cc2c(=O)c(S(=O)(=O)c3ccc(C)cc3)cn(Cc3cccc(Cl)c3)c2cc1OC. The van der Waals surface area contributed by atoms with Crippen LogP contribution < -0.4 is 14.9 Å². The number of ether oxygens (including phenoxy) is 2. The van der Waals surface area contributed by atoms with E-state index in [1.807, 2.05) is 19.1 Å². The van der Waals surface area contributed by atoms with Crippen molar-refractivity contribution in [3.8, 4) is 11.5 Å². The van der Waals surface area contributed by atoms with Crippen molar-refractivity contribution in [2.45, 2.75) is 23.3 Å². The molecule has 0 spiro atoms. The average Bonchev–Trinajstić information content (AvgIpc) is 2.80. The van der Waals surface area contributed by atoms with Gasteiger partial charge in [-0.15, -0.1) is 0 Å². The highest BCUT2D eigenvalue weighted by atomic mass is 35.5. The number of hydrogen-bond donors (Lipinski definition) is 0. The quantitative estimate of drug-likeness (QED) is 0.391. The summed E-state index contributed by atoms with van der Waals surface area (Å²) in [5.41, 5.74) is 1.68. The zero-order valence-corrected chi connectivity index (χ0v) is 19.9. The van der Waals surface area contributed by atoms with Crippen LogP contribution in [0.5, 0.6) is 11.5 Å². The van der Waals surface area contributed by atoms with Gasteiger partial charge >= 0.3 is 0 Å². The third-order valence-corrected chi connectivity index (χ3v) is 7.41. The van der Waals surface area contributed by atoms with Crippen molar-refractivity contribution in [1.29, 1.82) is 0 Å². The van der Waals surface area contributed by atoms with Crippen LogP contribution in [0, 0.1) is 6.92 Å². The molecule has 0 atom stereocenters. The van der Waals surface area contributed by atoms with Crippen molar-refractivity contribution in [1.82, 2.24) is 4.57 Å². The summed E-state index contributed by atoms with van der Waals surface area (Å²) in [5.74, 6) is 0.764. The lowest BCUT2D eigenvalue weighted by Gasteiger charge is -2.16. The second-order valence-electron chi connectivity index (χ2n) is 7.62. The smallest absolute Gasteiger partial charge is 0.211 e. The van der Waals surface area contributed by atoms with Gasteiger partial charge in [0, 0.05) is 23.8 Å². The van der Waals surface area contributed by atoms with Gasteiger partial charge < -0.3 is 14.0 Å². The predicted molar refractivity (Wildman–Crippen MR) is 128 cm³/mol. The molecule has 0 aliphatic rings. The topological polar surface area (TPSA) is 74.6 Å². The number of fused-ring (bicyclic) bond motifs is 1. The summed E-state index contributed by atoms with van der Waals surface area (Å²) in [6.07, 6.45) is 1.38. The summed E-state index contributed by atoms with van der Waals surface area (Å²) in [5, 5.41) is 0.771. The van der Waals surface area contributed by atoms with Gasteiger partial charge in [0.15, 0.2) is 11.5 Å². The Morgan fingerprint density at radius 1 is 0.939 bits per heavy atom. The third kappa shape index (κ3) is 4.34. The highest BCUT2D eigenvalue weighted by Gasteiger charge is 2.25. The van der Waals surface area contributed by atoms with E-state index >= 15 is 0 Å². The van der Waals surface area contributed by atoms with E-state index in [0.717, 1.165) is 11.1 Å². The van der Waals surface area contributed by atoms with E-state index in [-0.39, 0.29) is 15.2 Å². The molecule has 0 N–H and O–H groups in total. The molecule has 170 valence electrons. The second kappa shape index (κ2) is 8.92.